The molecule has 0 amide bonds. The highest BCUT2D eigenvalue weighted by atomic mass is 32.1. The number of rotatable bonds is 7. The number of aromatic nitrogens is 2. The zero-order valence-electron chi connectivity index (χ0n) is 16.9. The largest absolute Gasteiger partial charge is 0.493 e. The molecule has 0 aliphatic heterocycles. The van der Waals surface area contributed by atoms with E-state index in [0.29, 0.717) is 34.9 Å². The van der Waals surface area contributed by atoms with E-state index in [1.807, 2.05) is 53.4 Å². The third-order valence-corrected chi connectivity index (χ3v) is 4.66. The number of hydrogen-bond donors (Lipinski definition) is 1. The van der Waals surface area contributed by atoms with Gasteiger partial charge in [-0.1, -0.05) is 23.4 Å². The second-order valence-corrected chi connectivity index (χ2v) is 6.99. The highest BCUT2D eigenvalue weighted by molar-refractivity contribution is 7.80. The first-order chi connectivity index (χ1) is 14.0. The molecule has 2 aromatic carbocycles. The molecule has 0 unspecified atom stereocenters. The fraction of sp³-hybridized carbons (Fsp3) is 0.286. The first kappa shape index (κ1) is 20.6. The molecule has 0 saturated heterocycles. The summed E-state index contributed by atoms with van der Waals surface area (Å²) in [6, 6.07) is 15.4. The number of nitrogens with one attached hydrogen (secondary N) is 1. The van der Waals surface area contributed by atoms with Crippen LogP contribution in [0.3, 0.4) is 0 Å². The van der Waals surface area contributed by atoms with Crippen LogP contribution >= 0.6 is 12.2 Å². The maximum atomic E-state index is 5.59. The lowest BCUT2D eigenvalue weighted by Crippen LogP contribution is -2.39. The molecule has 1 N–H and O–H groups in total. The topological polar surface area (TPSA) is 72.7 Å². The van der Waals surface area contributed by atoms with Gasteiger partial charge < -0.3 is 24.2 Å². The molecule has 0 bridgehead atoms. The number of nitrogens with zero attached hydrogens (tertiary/aromatic N) is 3. The predicted molar refractivity (Wildman–Crippen MR) is 116 cm³/mol. The van der Waals surface area contributed by atoms with Gasteiger partial charge in [0.1, 0.15) is 0 Å². The Morgan fingerprint density at radius 1 is 1.10 bits per heavy atom. The van der Waals surface area contributed by atoms with E-state index in [0.717, 1.165) is 11.3 Å². The van der Waals surface area contributed by atoms with E-state index in [4.69, 9.17) is 26.2 Å². The average Bonchev–Trinajstić information content (AvgIpc) is 3.20. The third-order valence-electron chi connectivity index (χ3n) is 4.32. The summed E-state index contributed by atoms with van der Waals surface area (Å²) in [6.07, 6.45) is 0. The van der Waals surface area contributed by atoms with Gasteiger partial charge in [-0.25, -0.2) is 0 Å². The van der Waals surface area contributed by atoms with Crippen molar-refractivity contribution < 1.29 is 14.0 Å². The standard InChI is InChI=1S/C21H24N4O3S/c1-14(2)25(21(29)22-16-8-6-5-7-9-16)13-19-23-20(24-28-19)15-10-11-17(26-3)18(12-15)27-4/h5-12,14H,13H2,1-4H3,(H,22,29). The Kier molecular flexibility index (Phi) is 6.66. The van der Waals surface area contributed by atoms with Crippen molar-refractivity contribution in [1.29, 1.82) is 0 Å². The van der Waals surface area contributed by atoms with Crippen molar-refractivity contribution in [2.24, 2.45) is 0 Å². The lowest BCUT2D eigenvalue weighted by molar-refractivity contribution is 0.282. The number of ether oxygens (including phenoxy) is 2. The molecule has 7 nitrogen and oxygen atoms in total. The number of hydrogen-bond acceptors (Lipinski definition) is 6. The van der Waals surface area contributed by atoms with Gasteiger partial charge in [-0.15, -0.1) is 0 Å². The molecular weight excluding hydrogens is 388 g/mol. The van der Waals surface area contributed by atoms with E-state index in [9.17, 15) is 0 Å². The third kappa shape index (κ3) is 5.03. The quantitative estimate of drug-likeness (QED) is 0.574. The van der Waals surface area contributed by atoms with Gasteiger partial charge in [0.15, 0.2) is 16.6 Å². The van der Waals surface area contributed by atoms with Crippen molar-refractivity contribution in [1.82, 2.24) is 15.0 Å². The average molecular weight is 413 g/mol. The van der Waals surface area contributed by atoms with Gasteiger partial charge in [0.2, 0.25) is 11.7 Å². The van der Waals surface area contributed by atoms with Crippen molar-refractivity contribution in [3.8, 4) is 22.9 Å². The minimum atomic E-state index is 0.148. The molecule has 0 radical (unpaired) electrons. The number of anilines is 1. The van der Waals surface area contributed by atoms with Crippen molar-refractivity contribution in [3.63, 3.8) is 0 Å². The predicted octanol–water partition coefficient (Wildman–Crippen LogP) is 4.36. The Morgan fingerprint density at radius 3 is 2.48 bits per heavy atom. The molecule has 1 aromatic heterocycles. The molecule has 3 aromatic rings. The molecule has 0 saturated carbocycles. The second kappa shape index (κ2) is 9.38. The van der Waals surface area contributed by atoms with E-state index in [1.54, 1.807) is 14.2 Å². The van der Waals surface area contributed by atoms with Crippen molar-refractivity contribution >= 4 is 23.0 Å². The van der Waals surface area contributed by atoms with E-state index in [2.05, 4.69) is 29.3 Å². The summed E-state index contributed by atoms with van der Waals surface area (Å²) in [7, 11) is 3.18. The zero-order valence-corrected chi connectivity index (χ0v) is 17.7. The van der Waals surface area contributed by atoms with Crippen LogP contribution in [-0.2, 0) is 6.54 Å². The normalized spacial score (nSPS) is 10.7. The van der Waals surface area contributed by atoms with Crippen LogP contribution in [0.25, 0.3) is 11.4 Å². The number of benzene rings is 2. The molecule has 0 aliphatic rings. The molecular formula is C21H24N4O3S. The number of methoxy groups -OCH3 is 2. The first-order valence-electron chi connectivity index (χ1n) is 9.19. The molecule has 0 aliphatic carbocycles. The lowest BCUT2D eigenvalue weighted by atomic mass is 10.2. The summed E-state index contributed by atoms with van der Waals surface area (Å²) in [6.45, 7) is 4.52. The van der Waals surface area contributed by atoms with Crippen LogP contribution in [0.1, 0.15) is 19.7 Å². The SMILES string of the molecule is COc1ccc(-c2noc(CN(C(=S)Nc3ccccc3)C(C)C)n2)cc1OC. The fourth-order valence-electron chi connectivity index (χ4n) is 2.76. The molecule has 1 heterocycles. The van der Waals surface area contributed by atoms with Gasteiger partial charge in [-0.2, -0.15) is 4.98 Å². The summed E-state index contributed by atoms with van der Waals surface area (Å²) in [5.41, 5.74) is 1.71. The van der Waals surface area contributed by atoms with Crippen LogP contribution < -0.4 is 14.8 Å². The molecule has 29 heavy (non-hydrogen) atoms. The monoisotopic (exact) mass is 412 g/mol. The number of para-hydroxylation sites is 1. The van der Waals surface area contributed by atoms with Crippen molar-refractivity contribution in [3.05, 3.63) is 54.4 Å². The molecule has 152 valence electrons. The Hall–Kier alpha value is -3.13. The molecule has 8 heteroatoms. The minimum Gasteiger partial charge on any atom is -0.493 e. The molecule has 0 atom stereocenters. The number of thiocarbonyl (C=S) groups is 1. The highest BCUT2D eigenvalue weighted by Crippen LogP contribution is 2.31. The zero-order chi connectivity index (χ0) is 20.8. The first-order valence-corrected chi connectivity index (χ1v) is 9.60. The van der Waals surface area contributed by atoms with Crippen LogP contribution in [0.2, 0.25) is 0 Å². The van der Waals surface area contributed by atoms with Gasteiger partial charge in [0, 0.05) is 17.3 Å². The van der Waals surface area contributed by atoms with Crippen molar-refractivity contribution in [2.45, 2.75) is 26.4 Å². The minimum absolute atomic E-state index is 0.148. The molecule has 0 fully saturated rings. The van der Waals surface area contributed by atoms with Gasteiger partial charge >= 0.3 is 0 Å². The Labute approximate surface area is 175 Å². The highest BCUT2D eigenvalue weighted by Gasteiger charge is 2.19. The van der Waals surface area contributed by atoms with Gasteiger partial charge in [-0.05, 0) is 56.4 Å². The summed E-state index contributed by atoms with van der Waals surface area (Å²) in [4.78, 5) is 6.51. The lowest BCUT2D eigenvalue weighted by Gasteiger charge is -2.28. The summed E-state index contributed by atoms with van der Waals surface area (Å²) >= 11 is 5.59. The summed E-state index contributed by atoms with van der Waals surface area (Å²) < 4.78 is 16.1. The second-order valence-electron chi connectivity index (χ2n) is 6.60. The molecule has 3 rings (SSSR count). The Balaban J connectivity index is 1.75. The van der Waals surface area contributed by atoms with Crippen LogP contribution in [-0.4, -0.2) is 40.4 Å². The maximum absolute atomic E-state index is 5.59. The van der Waals surface area contributed by atoms with Gasteiger partial charge in [-0.3, -0.25) is 0 Å². The summed E-state index contributed by atoms with van der Waals surface area (Å²) in [5.74, 6) is 2.20. The summed E-state index contributed by atoms with van der Waals surface area (Å²) in [5, 5.41) is 7.94. The molecule has 0 spiro atoms. The van der Waals surface area contributed by atoms with Crippen LogP contribution in [0, 0.1) is 0 Å². The van der Waals surface area contributed by atoms with Gasteiger partial charge in [0.25, 0.3) is 0 Å². The smallest absolute Gasteiger partial charge is 0.246 e. The van der Waals surface area contributed by atoms with Crippen molar-refractivity contribution in [2.75, 3.05) is 19.5 Å². The van der Waals surface area contributed by atoms with E-state index < -0.39 is 0 Å². The van der Waals surface area contributed by atoms with E-state index in [1.165, 1.54) is 0 Å². The Bertz CT molecular complexity index is 960. The maximum Gasteiger partial charge on any atom is 0.246 e. The fourth-order valence-corrected chi connectivity index (χ4v) is 3.16. The van der Waals surface area contributed by atoms with E-state index >= 15 is 0 Å². The Morgan fingerprint density at radius 2 is 1.83 bits per heavy atom. The van der Waals surface area contributed by atoms with E-state index in [-0.39, 0.29) is 6.04 Å². The van der Waals surface area contributed by atoms with Gasteiger partial charge in [0.05, 0.1) is 20.8 Å². The van der Waals surface area contributed by atoms with Crippen LogP contribution in [0.5, 0.6) is 11.5 Å². The van der Waals surface area contributed by atoms with Crippen LogP contribution in [0.15, 0.2) is 53.1 Å². The van der Waals surface area contributed by atoms with Crippen LogP contribution in [0.4, 0.5) is 5.69 Å².